The van der Waals surface area contributed by atoms with E-state index >= 15 is 0 Å². The van der Waals surface area contributed by atoms with Crippen LogP contribution in [-0.4, -0.2) is 59.6 Å². The number of alkyl halides is 1. The van der Waals surface area contributed by atoms with Crippen molar-refractivity contribution in [3.05, 3.63) is 53.6 Å². The first-order valence-corrected chi connectivity index (χ1v) is 13.3. The van der Waals surface area contributed by atoms with Gasteiger partial charge in [-0.25, -0.2) is 4.39 Å². The molecular formula is C29H33FN4O5. The van der Waals surface area contributed by atoms with Gasteiger partial charge in [0, 0.05) is 18.2 Å². The zero-order valence-corrected chi connectivity index (χ0v) is 22.1. The number of nitrogens with zero attached hydrogens (tertiary/aromatic N) is 2. The van der Waals surface area contributed by atoms with Gasteiger partial charge in [0.15, 0.2) is 5.58 Å². The topological polar surface area (TPSA) is 114 Å². The summed E-state index contributed by atoms with van der Waals surface area (Å²) in [4.78, 5) is 43.8. The van der Waals surface area contributed by atoms with Gasteiger partial charge in [-0.15, -0.1) is 0 Å². The van der Waals surface area contributed by atoms with E-state index in [1.165, 1.54) is 12.0 Å². The van der Waals surface area contributed by atoms with Crippen LogP contribution in [0.15, 0.2) is 46.9 Å². The quantitative estimate of drug-likeness (QED) is 0.435. The molecule has 2 heterocycles. The summed E-state index contributed by atoms with van der Waals surface area (Å²) in [7, 11) is 1.38. The molecule has 0 bridgehead atoms. The summed E-state index contributed by atoms with van der Waals surface area (Å²) in [6.45, 7) is 1.87. The van der Waals surface area contributed by atoms with Crippen LogP contribution in [0.5, 0.6) is 0 Å². The number of aryl methyl sites for hydroxylation is 1. The number of fused-ring (bicyclic) bond motifs is 1. The summed E-state index contributed by atoms with van der Waals surface area (Å²) < 4.78 is 25.1. The third kappa shape index (κ3) is 6.05. The molecule has 1 unspecified atom stereocenters. The van der Waals surface area contributed by atoms with Crippen molar-refractivity contribution >= 4 is 40.6 Å². The normalized spacial score (nSPS) is 23.0. The molecule has 10 heteroatoms. The number of esters is 1. The zero-order chi connectivity index (χ0) is 27.5. The maximum atomic E-state index is 14.4. The first-order chi connectivity index (χ1) is 18.8. The molecule has 1 aliphatic heterocycles. The van der Waals surface area contributed by atoms with Crippen molar-refractivity contribution < 1.29 is 27.9 Å². The molecule has 1 saturated heterocycles. The summed E-state index contributed by atoms with van der Waals surface area (Å²) in [6, 6.07) is 12.5. The Hall–Kier alpha value is -3.95. The number of methoxy groups -OCH3 is 1. The molecule has 5 rings (SSSR count). The third-order valence-corrected chi connectivity index (χ3v) is 7.68. The van der Waals surface area contributed by atoms with Crippen molar-refractivity contribution in [3.63, 3.8) is 0 Å². The second kappa shape index (κ2) is 11.4. The molecule has 2 fully saturated rings. The minimum atomic E-state index is -1.26. The summed E-state index contributed by atoms with van der Waals surface area (Å²) in [5.41, 5.74) is 3.79. The van der Waals surface area contributed by atoms with Crippen LogP contribution in [0.4, 0.5) is 16.1 Å². The highest BCUT2D eigenvalue weighted by Gasteiger charge is 2.40. The lowest BCUT2D eigenvalue weighted by atomic mass is 9.86. The van der Waals surface area contributed by atoms with Gasteiger partial charge in [-0.1, -0.05) is 24.3 Å². The molecule has 2 atom stereocenters. The van der Waals surface area contributed by atoms with Gasteiger partial charge in [-0.3, -0.25) is 14.4 Å². The van der Waals surface area contributed by atoms with E-state index in [0.29, 0.717) is 48.4 Å². The Kier molecular flexibility index (Phi) is 7.81. The minimum absolute atomic E-state index is 0.0118. The number of benzene rings is 2. The van der Waals surface area contributed by atoms with E-state index in [1.807, 2.05) is 31.2 Å². The lowest BCUT2D eigenvalue weighted by Gasteiger charge is -2.30. The van der Waals surface area contributed by atoms with Crippen LogP contribution in [0, 0.1) is 12.8 Å². The van der Waals surface area contributed by atoms with Crippen LogP contribution < -0.4 is 10.6 Å². The molecule has 2 amide bonds. The van der Waals surface area contributed by atoms with Crippen molar-refractivity contribution in [2.45, 2.75) is 63.7 Å². The highest BCUT2D eigenvalue weighted by atomic mass is 19.1. The number of nitrogens with one attached hydrogen (secondary N) is 2. The van der Waals surface area contributed by atoms with Crippen LogP contribution in [0.3, 0.4) is 0 Å². The number of aromatic nitrogens is 1. The molecule has 2 N–H and O–H groups in total. The van der Waals surface area contributed by atoms with Gasteiger partial charge in [0.05, 0.1) is 26.0 Å². The number of hydrogen-bond donors (Lipinski definition) is 2. The molecule has 0 radical (unpaired) electrons. The largest absolute Gasteiger partial charge is 0.469 e. The Morgan fingerprint density at radius 2 is 1.90 bits per heavy atom. The Labute approximate surface area is 226 Å². The maximum Gasteiger partial charge on any atom is 0.308 e. The Morgan fingerprint density at radius 3 is 2.64 bits per heavy atom. The lowest BCUT2D eigenvalue weighted by molar-refractivity contribution is -0.146. The van der Waals surface area contributed by atoms with E-state index in [2.05, 4.69) is 15.6 Å². The molecule has 1 aromatic heterocycles. The second-order valence-electron chi connectivity index (χ2n) is 10.4. The number of ether oxygens (including phenoxy) is 1. The minimum Gasteiger partial charge on any atom is -0.469 e. The number of amides is 2. The molecule has 2 aromatic carbocycles. The van der Waals surface area contributed by atoms with Crippen LogP contribution in [0.2, 0.25) is 0 Å². The molecule has 0 spiro atoms. The maximum absolute atomic E-state index is 14.4. The average molecular weight is 537 g/mol. The number of halogens is 1. The number of rotatable bonds is 7. The lowest BCUT2D eigenvalue weighted by Crippen LogP contribution is -2.50. The molecule has 1 aliphatic carbocycles. The first-order valence-electron chi connectivity index (χ1n) is 13.3. The Balaban J connectivity index is 1.21. The predicted molar refractivity (Wildman–Crippen MR) is 143 cm³/mol. The fraction of sp³-hybridized carbons (Fsp3) is 0.448. The second-order valence-corrected chi connectivity index (χ2v) is 10.4. The standard InChI is InChI=1S/C29H33FN4O5/c1-17-5-3-4-6-22(17)32-29-33-23-12-7-18(13-25(23)39-29)14-26(35)34-16-20(30)15-24(34)27(36)31-21-10-8-19(9-11-21)28(37)38-2/h3-7,12-13,19-21,24H,8-11,14-16H2,1-2H3,(H,31,36)(H,32,33)/t19-,20-,21+,24?/m0/s1. The SMILES string of the molecule is COC(=O)[C@H]1CC[C@@H](NC(=O)C2C[C@H](F)CN2C(=O)Cc2ccc3nc(Nc4ccccc4C)oc3c2)CC1. The third-order valence-electron chi connectivity index (χ3n) is 7.68. The number of anilines is 2. The van der Waals surface area contributed by atoms with Gasteiger partial charge < -0.3 is 24.7 Å². The molecular weight excluding hydrogens is 503 g/mol. The summed E-state index contributed by atoms with van der Waals surface area (Å²) in [5.74, 6) is -1.04. The van der Waals surface area contributed by atoms with Gasteiger partial charge >= 0.3 is 5.97 Å². The van der Waals surface area contributed by atoms with Crippen LogP contribution >= 0.6 is 0 Å². The van der Waals surface area contributed by atoms with Crippen LogP contribution in [-0.2, 0) is 25.5 Å². The van der Waals surface area contributed by atoms with Crippen LogP contribution in [0.25, 0.3) is 11.1 Å². The van der Waals surface area contributed by atoms with Gasteiger partial charge in [0.25, 0.3) is 6.01 Å². The number of carbonyl (C=O) groups excluding carboxylic acids is 3. The summed E-state index contributed by atoms with van der Waals surface area (Å²) in [6.07, 6.45) is 1.27. The fourth-order valence-corrected chi connectivity index (χ4v) is 5.48. The van der Waals surface area contributed by atoms with Crippen molar-refractivity contribution in [2.75, 3.05) is 19.0 Å². The van der Waals surface area contributed by atoms with E-state index in [0.717, 1.165) is 11.3 Å². The number of para-hydroxylation sites is 1. The molecule has 3 aromatic rings. The van der Waals surface area contributed by atoms with Gasteiger partial charge in [-0.2, -0.15) is 4.98 Å². The van der Waals surface area contributed by atoms with Crippen molar-refractivity contribution in [2.24, 2.45) is 5.92 Å². The van der Waals surface area contributed by atoms with E-state index in [4.69, 9.17) is 9.15 Å². The van der Waals surface area contributed by atoms with Gasteiger partial charge in [0.2, 0.25) is 11.8 Å². The highest BCUT2D eigenvalue weighted by Crippen LogP contribution is 2.28. The van der Waals surface area contributed by atoms with Gasteiger partial charge in [0.1, 0.15) is 17.7 Å². The predicted octanol–water partition coefficient (Wildman–Crippen LogP) is 4.21. The van der Waals surface area contributed by atoms with Gasteiger partial charge in [-0.05, 0) is 61.9 Å². The average Bonchev–Trinajstić information content (AvgIpc) is 3.52. The molecule has 9 nitrogen and oxygen atoms in total. The van der Waals surface area contributed by atoms with E-state index < -0.39 is 12.2 Å². The summed E-state index contributed by atoms with van der Waals surface area (Å²) >= 11 is 0. The number of likely N-dealkylation sites (tertiary alicyclic amines) is 1. The van der Waals surface area contributed by atoms with E-state index in [9.17, 15) is 18.8 Å². The molecule has 39 heavy (non-hydrogen) atoms. The Morgan fingerprint density at radius 1 is 1.13 bits per heavy atom. The number of oxazole rings is 1. The van der Waals surface area contributed by atoms with E-state index in [-0.39, 0.29) is 49.1 Å². The Bertz CT molecular complexity index is 1370. The molecule has 1 saturated carbocycles. The molecule has 2 aliphatic rings. The summed E-state index contributed by atoms with van der Waals surface area (Å²) in [5, 5.41) is 6.15. The number of hydrogen-bond acceptors (Lipinski definition) is 7. The highest BCUT2D eigenvalue weighted by molar-refractivity contribution is 5.90. The van der Waals surface area contributed by atoms with Crippen molar-refractivity contribution in [3.8, 4) is 0 Å². The smallest absolute Gasteiger partial charge is 0.308 e. The number of carbonyl (C=O) groups is 3. The monoisotopic (exact) mass is 536 g/mol. The van der Waals surface area contributed by atoms with Crippen molar-refractivity contribution in [1.82, 2.24) is 15.2 Å². The van der Waals surface area contributed by atoms with Crippen LogP contribution in [0.1, 0.15) is 43.2 Å². The molecule has 206 valence electrons. The first kappa shape index (κ1) is 26.6. The zero-order valence-electron chi connectivity index (χ0n) is 22.1. The van der Waals surface area contributed by atoms with E-state index in [1.54, 1.807) is 18.2 Å². The fourth-order valence-electron chi connectivity index (χ4n) is 5.48. The van der Waals surface area contributed by atoms with Crippen molar-refractivity contribution in [1.29, 1.82) is 0 Å².